The van der Waals surface area contributed by atoms with Crippen LogP contribution in [-0.2, 0) is 11.3 Å². The summed E-state index contributed by atoms with van der Waals surface area (Å²) in [4.78, 5) is 21.0. The molecule has 4 rings (SSSR count). The summed E-state index contributed by atoms with van der Waals surface area (Å²) in [5.41, 5.74) is 2.40. The van der Waals surface area contributed by atoms with Crippen molar-refractivity contribution in [3.63, 3.8) is 0 Å². The first-order chi connectivity index (χ1) is 11.8. The standard InChI is InChI=1S/C20H27N3O/c1-2-22-12-4-3-5-19(22)20(24)23(17-7-8-17)14-15-6-9-18-16(13-15)10-11-21-18/h6,9-11,13,17,19,21H,2-5,7-8,12,14H2,1H3. The van der Waals surface area contributed by atoms with Crippen LogP contribution in [0, 0.1) is 0 Å². The molecule has 0 bridgehead atoms. The van der Waals surface area contributed by atoms with Gasteiger partial charge in [0.2, 0.25) is 5.91 Å². The predicted molar refractivity (Wildman–Crippen MR) is 96.8 cm³/mol. The minimum absolute atomic E-state index is 0.0975. The summed E-state index contributed by atoms with van der Waals surface area (Å²) >= 11 is 0. The monoisotopic (exact) mass is 325 g/mol. The normalized spacial score (nSPS) is 22.0. The molecule has 1 aliphatic carbocycles. The molecule has 4 nitrogen and oxygen atoms in total. The van der Waals surface area contributed by atoms with Crippen molar-refractivity contribution in [2.24, 2.45) is 0 Å². The van der Waals surface area contributed by atoms with Crippen LogP contribution in [0.5, 0.6) is 0 Å². The minimum Gasteiger partial charge on any atom is -0.361 e. The molecule has 2 aliphatic rings. The fourth-order valence-electron chi connectivity index (χ4n) is 4.01. The Labute approximate surface area is 143 Å². The number of carbonyl (C=O) groups excluding carboxylic acids is 1. The average molecular weight is 325 g/mol. The molecule has 1 N–H and O–H groups in total. The van der Waals surface area contributed by atoms with Crippen LogP contribution in [-0.4, -0.2) is 45.9 Å². The van der Waals surface area contributed by atoms with Crippen LogP contribution in [0.4, 0.5) is 0 Å². The number of fused-ring (bicyclic) bond motifs is 1. The van der Waals surface area contributed by atoms with Crippen LogP contribution in [0.25, 0.3) is 10.9 Å². The molecule has 1 saturated heterocycles. The number of hydrogen-bond donors (Lipinski definition) is 1. The second kappa shape index (κ2) is 6.60. The van der Waals surface area contributed by atoms with Gasteiger partial charge in [-0.1, -0.05) is 19.4 Å². The van der Waals surface area contributed by atoms with E-state index < -0.39 is 0 Å². The fourth-order valence-corrected chi connectivity index (χ4v) is 4.01. The molecule has 0 radical (unpaired) electrons. The lowest BCUT2D eigenvalue weighted by molar-refractivity contribution is -0.139. The number of amides is 1. The van der Waals surface area contributed by atoms with Gasteiger partial charge in [-0.05, 0) is 67.9 Å². The van der Waals surface area contributed by atoms with E-state index in [1.807, 2.05) is 6.20 Å². The van der Waals surface area contributed by atoms with E-state index in [9.17, 15) is 4.79 Å². The summed E-state index contributed by atoms with van der Waals surface area (Å²) in [7, 11) is 0. The second-order valence-electron chi connectivity index (χ2n) is 7.24. The van der Waals surface area contributed by atoms with Crippen LogP contribution in [0.1, 0.15) is 44.6 Å². The molecule has 2 fully saturated rings. The Balaban J connectivity index is 1.54. The molecule has 0 spiro atoms. The Morgan fingerprint density at radius 3 is 2.92 bits per heavy atom. The second-order valence-corrected chi connectivity index (χ2v) is 7.24. The van der Waals surface area contributed by atoms with Crippen molar-refractivity contribution in [1.29, 1.82) is 0 Å². The maximum atomic E-state index is 13.2. The Hall–Kier alpha value is -1.81. The van der Waals surface area contributed by atoms with E-state index in [2.05, 4.69) is 46.0 Å². The van der Waals surface area contributed by atoms with Gasteiger partial charge in [0, 0.05) is 24.3 Å². The number of likely N-dealkylation sites (tertiary alicyclic amines) is 1. The van der Waals surface area contributed by atoms with Gasteiger partial charge in [0.05, 0.1) is 6.04 Å². The van der Waals surface area contributed by atoms with Crippen LogP contribution in [0.15, 0.2) is 30.5 Å². The highest BCUT2D eigenvalue weighted by Crippen LogP contribution is 2.31. The van der Waals surface area contributed by atoms with E-state index >= 15 is 0 Å². The van der Waals surface area contributed by atoms with Gasteiger partial charge in [-0.2, -0.15) is 0 Å². The van der Waals surface area contributed by atoms with E-state index in [1.54, 1.807) is 0 Å². The van der Waals surface area contributed by atoms with E-state index in [0.717, 1.165) is 44.4 Å². The summed E-state index contributed by atoms with van der Waals surface area (Å²) < 4.78 is 0. The molecule has 1 amide bonds. The van der Waals surface area contributed by atoms with Crippen LogP contribution >= 0.6 is 0 Å². The molecule has 4 heteroatoms. The number of benzene rings is 1. The van der Waals surface area contributed by atoms with E-state index in [-0.39, 0.29) is 6.04 Å². The molecule has 128 valence electrons. The van der Waals surface area contributed by atoms with Gasteiger partial charge >= 0.3 is 0 Å². The van der Waals surface area contributed by atoms with Crippen molar-refractivity contribution in [2.75, 3.05) is 13.1 Å². The van der Waals surface area contributed by atoms with Gasteiger partial charge in [0.1, 0.15) is 0 Å². The Morgan fingerprint density at radius 1 is 1.25 bits per heavy atom. The summed E-state index contributed by atoms with van der Waals surface area (Å²) in [5.74, 6) is 0.355. The van der Waals surface area contributed by atoms with Gasteiger partial charge in [-0.15, -0.1) is 0 Å². The largest absolute Gasteiger partial charge is 0.361 e. The van der Waals surface area contributed by atoms with Crippen molar-refractivity contribution in [2.45, 2.75) is 57.7 Å². The van der Waals surface area contributed by atoms with Gasteiger partial charge in [-0.3, -0.25) is 9.69 Å². The highest BCUT2D eigenvalue weighted by atomic mass is 16.2. The molecule has 1 unspecified atom stereocenters. The average Bonchev–Trinajstić information content (AvgIpc) is 3.36. The maximum Gasteiger partial charge on any atom is 0.240 e. The molecular formula is C20H27N3O. The zero-order valence-corrected chi connectivity index (χ0v) is 14.5. The molecule has 1 aromatic heterocycles. The third kappa shape index (κ3) is 3.07. The fraction of sp³-hybridized carbons (Fsp3) is 0.550. The Kier molecular flexibility index (Phi) is 4.31. The van der Waals surface area contributed by atoms with Gasteiger partial charge in [0.25, 0.3) is 0 Å². The highest BCUT2D eigenvalue weighted by molar-refractivity contribution is 5.83. The van der Waals surface area contributed by atoms with Crippen LogP contribution in [0.3, 0.4) is 0 Å². The third-order valence-electron chi connectivity index (χ3n) is 5.55. The number of nitrogens with one attached hydrogen (secondary N) is 1. The molecular weight excluding hydrogens is 298 g/mol. The van der Waals surface area contributed by atoms with Crippen molar-refractivity contribution in [3.8, 4) is 0 Å². The first kappa shape index (κ1) is 15.7. The molecule has 1 saturated carbocycles. The summed E-state index contributed by atoms with van der Waals surface area (Å²) in [6.45, 7) is 4.97. The number of aromatic amines is 1. The van der Waals surface area contributed by atoms with E-state index in [4.69, 9.17) is 0 Å². The summed E-state index contributed by atoms with van der Waals surface area (Å²) in [6, 6.07) is 9.15. The Morgan fingerprint density at radius 2 is 2.12 bits per heavy atom. The minimum atomic E-state index is 0.0975. The summed E-state index contributed by atoms with van der Waals surface area (Å²) in [5, 5.41) is 1.23. The van der Waals surface area contributed by atoms with Crippen LogP contribution in [0.2, 0.25) is 0 Å². The number of hydrogen-bond acceptors (Lipinski definition) is 2. The highest BCUT2D eigenvalue weighted by Gasteiger charge is 2.38. The number of rotatable bonds is 5. The molecule has 2 heterocycles. The zero-order valence-electron chi connectivity index (χ0n) is 14.5. The van der Waals surface area contributed by atoms with Gasteiger partial charge < -0.3 is 9.88 Å². The zero-order chi connectivity index (χ0) is 16.5. The first-order valence-corrected chi connectivity index (χ1v) is 9.37. The number of likely N-dealkylation sites (N-methyl/N-ethyl adjacent to an activating group) is 1. The quantitative estimate of drug-likeness (QED) is 0.913. The molecule has 1 aromatic carbocycles. The predicted octanol–water partition coefficient (Wildman–Crippen LogP) is 3.53. The maximum absolute atomic E-state index is 13.2. The SMILES string of the molecule is CCN1CCCCC1C(=O)N(Cc1ccc2[nH]ccc2c1)C1CC1. The lowest BCUT2D eigenvalue weighted by Gasteiger charge is -2.37. The lowest BCUT2D eigenvalue weighted by atomic mass is 10.0. The van der Waals surface area contributed by atoms with Crippen molar-refractivity contribution in [3.05, 3.63) is 36.0 Å². The molecule has 2 aromatic rings. The number of H-pyrrole nitrogens is 1. The van der Waals surface area contributed by atoms with Crippen molar-refractivity contribution < 1.29 is 4.79 Å². The number of aromatic nitrogens is 1. The van der Waals surface area contributed by atoms with Crippen molar-refractivity contribution in [1.82, 2.24) is 14.8 Å². The number of piperidine rings is 1. The molecule has 1 atom stereocenters. The third-order valence-corrected chi connectivity index (χ3v) is 5.55. The smallest absolute Gasteiger partial charge is 0.240 e. The van der Waals surface area contributed by atoms with Gasteiger partial charge in [-0.25, -0.2) is 0 Å². The molecule has 24 heavy (non-hydrogen) atoms. The van der Waals surface area contributed by atoms with E-state index in [0.29, 0.717) is 11.9 Å². The first-order valence-electron chi connectivity index (χ1n) is 9.37. The van der Waals surface area contributed by atoms with Gasteiger partial charge in [0.15, 0.2) is 0 Å². The van der Waals surface area contributed by atoms with Crippen molar-refractivity contribution >= 4 is 16.8 Å². The Bertz CT molecular complexity index is 718. The lowest BCUT2D eigenvalue weighted by Crippen LogP contribution is -2.51. The number of nitrogens with zero attached hydrogens (tertiary/aromatic N) is 2. The number of carbonyl (C=O) groups is 1. The van der Waals surface area contributed by atoms with Crippen LogP contribution < -0.4 is 0 Å². The molecule has 1 aliphatic heterocycles. The van der Waals surface area contributed by atoms with E-state index in [1.165, 1.54) is 23.8 Å². The summed E-state index contributed by atoms with van der Waals surface area (Å²) in [6.07, 6.45) is 7.73. The topological polar surface area (TPSA) is 39.3 Å².